The van der Waals surface area contributed by atoms with Gasteiger partial charge in [-0.15, -0.1) is 22.7 Å². The Morgan fingerprint density at radius 2 is 2.11 bits per heavy atom. The molecule has 0 saturated carbocycles. The van der Waals surface area contributed by atoms with Crippen molar-refractivity contribution >= 4 is 34.2 Å². The number of nitrogens with one attached hydrogen (secondary N) is 1. The number of nitrogens with zero attached hydrogens (tertiary/aromatic N) is 1. The molecule has 0 aromatic carbocycles. The third-order valence-electron chi connectivity index (χ3n) is 2.52. The first-order chi connectivity index (χ1) is 8.77. The Balaban J connectivity index is 1.96. The molecular formula is C11H8N2O3S2. The van der Waals surface area contributed by atoms with Crippen molar-refractivity contribution < 1.29 is 14.6 Å². The van der Waals surface area contributed by atoms with Crippen molar-refractivity contribution in [1.29, 1.82) is 0 Å². The summed E-state index contributed by atoms with van der Waals surface area (Å²) >= 11 is 2.74. The van der Waals surface area contributed by atoms with Crippen LogP contribution in [-0.4, -0.2) is 22.4 Å². The monoisotopic (exact) mass is 280 g/mol. The maximum atomic E-state index is 12.2. The van der Waals surface area contributed by atoms with Gasteiger partial charge in [-0.1, -0.05) is 12.1 Å². The van der Waals surface area contributed by atoms with E-state index in [1.165, 1.54) is 22.7 Å². The maximum Gasteiger partial charge on any atom is 0.289 e. The molecule has 1 aliphatic rings. The number of rotatable bonds is 3. The molecule has 7 heteroatoms. The lowest BCUT2D eigenvalue weighted by atomic mass is 10.1. The Bertz CT molecular complexity index is 590. The zero-order chi connectivity index (χ0) is 12.5. The molecule has 0 bridgehead atoms. The van der Waals surface area contributed by atoms with Gasteiger partial charge in [0.15, 0.2) is 6.04 Å². The smallest absolute Gasteiger partial charge is 0.289 e. The first-order valence-corrected chi connectivity index (χ1v) is 6.91. The maximum absolute atomic E-state index is 12.2. The second kappa shape index (κ2) is 4.52. The summed E-state index contributed by atoms with van der Waals surface area (Å²) in [5, 5.41) is 15.3. The van der Waals surface area contributed by atoms with Crippen LogP contribution in [0.5, 0.6) is 0 Å². The van der Waals surface area contributed by atoms with Crippen LogP contribution in [-0.2, 0) is 4.94 Å². The number of carbonyl (C=O) groups is 1. The van der Waals surface area contributed by atoms with Crippen LogP contribution < -0.4 is 5.48 Å². The summed E-state index contributed by atoms with van der Waals surface area (Å²) in [6, 6.07) is 6.39. The quantitative estimate of drug-likeness (QED) is 0.688. The summed E-state index contributed by atoms with van der Waals surface area (Å²) in [4.78, 5) is 18.6. The fraction of sp³-hybridized carbons (Fsp3) is 0.0909. The molecular weight excluding hydrogens is 272 g/mol. The fourth-order valence-electron chi connectivity index (χ4n) is 1.71. The van der Waals surface area contributed by atoms with E-state index in [4.69, 9.17) is 4.94 Å². The van der Waals surface area contributed by atoms with Crippen molar-refractivity contribution in [2.45, 2.75) is 6.04 Å². The molecule has 3 heterocycles. The number of Topliss-reactive ketones (excluding diaryl/α,β-unsaturated/α-hetero) is 1. The summed E-state index contributed by atoms with van der Waals surface area (Å²) in [5.41, 5.74) is 2.78. The van der Waals surface area contributed by atoms with Crippen molar-refractivity contribution in [3.05, 3.63) is 50.0 Å². The Kier molecular flexibility index (Phi) is 2.86. The average molecular weight is 280 g/mol. The molecule has 92 valence electrons. The van der Waals surface area contributed by atoms with Crippen molar-refractivity contribution in [2.75, 3.05) is 0 Å². The Morgan fingerprint density at radius 1 is 1.33 bits per heavy atom. The Morgan fingerprint density at radius 3 is 2.78 bits per heavy atom. The normalized spacial score (nSPS) is 19.0. The van der Waals surface area contributed by atoms with Crippen molar-refractivity contribution in [2.24, 2.45) is 0 Å². The molecule has 0 spiro atoms. The number of hydrogen-bond donors (Lipinski definition) is 1. The standard InChI is InChI=1S/C11H8N2O3S2/c14-11(8-4-2-6-18-8)9-10(13(15)16-12-9)7-3-1-5-17-7/h1-6,9,12H/t9-/m1/s1. The van der Waals surface area contributed by atoms with Gasteiger partial charge in [0, 0.05) is 0 Å². The summed E-state index contributed by atoms with van der Waals surface area (Å²) in [6.07, 6.45) is 0. The minimum atomic E-state index is -0.750. The minimum absolute atomic E-state index is 0.160. The van der Waals surface area contributed by atoms with Crippen LogP contribution in [0.2, 0.25) is 0 Å². The molecule has 0 aliphatic carbocycles. The summed E-state index contributed by atoms with van der Waals surface area (Å²) in [6.45, 7) is 0. The van der Waals surface area contributed by atoms with E-state index in [1.807, 2.05) is 16.8 Å². The van der Waals surface area contributed by atoms with Crippen LogP contribution in [0.1, 0.15) is 14.5 Å². The van der Waals surface area contributed by atoms with E-state index < -0.39 is 6.04 Å². The molecule has 0 amide bonds. The molecule has 0 saturated heterocycles. The molecule has 1 atom stereocenters. The first-order valence-electron chi connectivity index (χ1n) is 5.15. The Hall–Kier alpha value is -1.70. The number of thiophene rings is 2. The fourth-order valence-corrected chi connectivity index (χ4v) is 3.18. The predicted octanol–water partition coefficient (Wildman–Crippen LogP) is 1.81. The van der Waals surface area contributed by atoms with Gasteiger partial charge < -0.3 is 4.94 Å². The van der Waals surface area contributed by atoms with E-state index >= 15 is 0 Å². The average Bonchev–Trinajstić information content (AvgIpc) is 3.09. The van der Waals surface area contributed by atoms with Crippen LogP contribution in [0.15, 0.2) is 35.0 Å². The lowest BCUT2D eigenvalue weighted by Gasteiger charge is -2.04. The van der Waals surface area contributed by atoms with Gasteiger partial charge in [0.05, 0.1) is 9.78 Å². The van der Waals surface area contributed by atoms with Gasteiger partial charge in [-0.2, -0.15) is 5.48 Å². The second-order valence-corrected chi connectivity index (χ2v) is 5.50. The summed E-state index contributed by atoms with van der Waals surface area (Å²) in [5.74, 6) is -0.160. The van der Waals surface area contributed by atoms with Crippen LogP contribution >= 0.6 is 22.7 Å². The summed E-state index contributed by atoms with van der Waals surface area (Å²) < 4.78 is 0. The highest BCUT2D eigenvalue weighted by molar-refractivity contribution is 7.13. The van der Waals surface area contributed by atoms with Gasteiger partial charge in [-0.05, 0) is 22.9 Å². The van der Waals surface area contributed by atoms with Gasteiger partial charge >= 0.3 is 0 Å². The molecule has 0 fully saturated rings. The predicted molar refractivity (Wildman–Crippen MR) is 68.7 cm³/mol. The van der Waals surface area contributed by atoms with Crippen LogP contribution in [0.3, 0.4) is 0 Å². The zero-order valence-electron chi connectivity index (χ0n) is 9.03. The van der Waals surface area contributed by atoms with Crippen molar-refractivity contribution in [3.8, 4) is 0 Å². The van der Waals surface area contributed by atoms with Crippen LogP contribution in [0.4, 0.5) is 0 Å². The van der Waals surface area contributed by atoms with Crippen molar-refractivity contribution in [1.82, 2.24) is 5.48 Å². The highest BCUT2D eigenvalue weighted by Crippen LogP contribution is 2.20. The van der Waals surface area contributed by atoms with Crippen LogP contribution in [0.25, 0.3) is 0 Å². The lowest BCUT2D eigenvalue weighted by molar-refractivity contribution is -0.748. The Labute approximate surface area is 110 Å². The number of carbonyl (C=O) groups excluding carboxylic acids is 1. The van der Waals surface area contributed by atoms with E-state index in [9.17, 15) is 10.0 Å². The lowest BCUT2D eigenvalue weighted by Crippen LogP contribution is -2.37. The molecule has 1 N–H and O–H groups in total. The van der Waals surface area contributed by atoms with Gasteiger partial charge in [-0.25, -0.2) is 0 Å². The largest absolute Gasteiger partial charge is 0.320 e. The third kappa shape index (κ3) is 1.82. The molecule has 0 unspecified atom stereocenters. The van der Waals surface area contributed by atoms with E-state index in [2.05, 4.69) is 5.48 Å². The molecule has 18 heavy (non-hydrogen) atoms. The van der Waals surface area contributed by atoms with E-state index in [1.54, 1.807) is 18.2 Å². The van der Waals surface area contributed by atoms with Crippen molar-refractivity contribution in [3.63, 3.8) is 0 Å². The van der Waals surface area contributed by atoms with Crippen LogP contribution in [0, 0.1) is 5.21 Å². The number of hydroxylamine groups is 1. The highest BCUT2D eigenvalue weighted by Gasteiger charge is 2.39. The SMILES string of the molecule is O=C(c1cccs1)[C@@H]1NO[N+]([O-])=C1c1cccs1. The third-order valence-corrected chi connectivity index (χ3v) is 4.30. The molecule has 5 nitrogen and oxygen atoms in total. The van der Waals surface area contributed by atoms with E-state index in [0.717, 1.165) is 4.88 Å². The first kappa shape index (κ1) is 11.4. The topological polar surface area (TPSA) is 64.4 Å². The molecule has 2 aromatic rings. The molecule has 1 aliphatic heterocycles. The van der Waals surface area contributed by atoms with Gasteiger partial charge in [0.2, 0.25) is 5.78 Å². The van der Waals surface area contributed by atoms with Gasteiger partial charge in [0.1, 0.15) is 4.88 Å². The highest BCUT2D eigenvalue weighted by atomic mass is 32.1. The zero-order valence-corrected chi connectivity index (χ0v) is 10.7. The van der Waals surface area contributed by atoms with Gasteiger partial charge in [0.25, 0.3) is 5.71 Å². The number of ketones is 1. The molecule has 0 radical (unpaired) electrons. The van der Waals surface area contributed by atoms with E-state index in [-0.39, 0.29) is 5.78 Å². The minimum Gasteiger partial charge on any atom is -0.320 e. The van der Waals surface area contributed by atoms with Gasteiger partial charge in [-0.3, -0.25) is 10.0 Å². The second-order valence-electron chi connectivity index (χ2n) is 3.60. The molecule has 2 aromatic heterocycles. The summed E-state index contributed by atoms with van der Waals surface area (Å²) in [7, 11) is 0. The number of hydrogen-bond acceptors (Lipinski definition) is 6. The molecule has 3 rings (SSSR count). The van der Waals surface area contributed by atoms with E-state index in [0.29, 0.717) is 15.5 Å².